The lowest BCUT2D eigenvalue weighted by Crippen LogP contribution is -2.24. The molecule has 0 aliphatic rings. The summed E-state index contributed by atoms with van der Waals surface area (Å²) in [6, 6.07) is 29.9. The van der Waals surface area contributed by atoms with Crippen molar-refractivity contribution < 1.29 is 4.79 Å². The van der Waals surface area contributed by atoms with E-state index in [1.165, 1.54) is 0 Å². The number of amides is 1. The minimum Gasteiger partial charge on any atom is -0.347 e. The Hall–Kier alpha value is -3.81. The van der Waals surface area contributed by atoms with Gasteiger partial charge in [-0.25, -0.2) is 4.98 Å². The van der Waals surface area contributed by atoms with Crippen molar-refractivity contribution in [1.29, 1.82) is 0 Å². The lowest BCUT2D eigenvalue weighted by Gasteiger charge is -2.14. The molecule has 3 aromatic carbocycles. The van der Waals surface area contributed by atoms with Crippen LogP contribution in [0.2, 0.25) is 0 Å². The van der Waals surface area contributed by atoms with E-state index in [0.29, 0.717) is 36.2 Å². The van der Waals surface area contributed by atoms with Crippen LogP contribution in [0.25, 0.3) is 33.3 Å². The maximum atomic E-state index is 13.2. The van der Waals surface area contributed by atoms with Crippen molar-refractivity contribution in [2.75, 3.05) is 0 Å². The van der Waals surface area contributed by atoms with E-state index in [0.717, 1.165) is 39.1 Å². The van der Waals surface area contributed by atoms with Crippen LogP contribution in [0.1, 0.15) is 27.2 Å². The van der Waals surface area contributed by atoms with Gasteiger partial charge >= 0.3 is 0 Å². The van der Waals surface area contributed by atoms with Crippen molar-refractivity contribution in [3.63, 3.8) is 0 Å². The smallest absolute Gasteiger partial charge is 0.270 e. The predicted molar refractivity (Wildman–Crippen MR) is 158 cm³/mol. The number of benzene rings is 3. The Kier molecular flexibility index (Phi) is 9.93. The van der Waals surface area contributed by atoms with E-state index in [4.69, 9.17) is 16.5 Å². The van der Waals surface area contributed by atoms with Gasteiger partial charge in [-0.2, -0.15) is 0 Å². The Bertz CT molecular complexity index is 1510. The molecule has 38 heavy (non-hydrogen) atoms. The minimum atomic E-state index is -0.246. The van der Waals surface area contributed by atoms with Crippen molar-refractivity contribution in [1.82, 2.24) is 15.3 Å². The zero-order valence-electron chi connectivity index (χ0n) is 20.6. The van der Waals surface area contributed by atoms with Crippen LogP contribution in [-0.4, -0.2) is 15.9 Å². The number of hydrogen-bond acceptors (Lipinski definition) is 5. The van der Waals surface area contributed by atoms with Crippen LogP contribution < -0.4 is 16.8 Å². The van der Waals surface area contributed by atoms with Crippen LogP contribution in [0.5, 0.6) is 0 Å². The normalized spacial score (nSPS) is 10.4. The monoisotopic (exact) mass is 545 g/mol. The molecule has 194 valence electrons. The molecule has 0 atom stereocenters. The molecule has 0 radical (unpaired) electrons. The molecule has 0 unspecified atom stereocenters. The molecule has 0 saturated heterocycles. The lowest BCUT2D eigenvalue weighted by molar-refractivity contribution is 0.0947. The van der Waals surface area contributed by atoms with Gasteiger partial charge in [-0.1, -0.05) is 78.9 Å². The molecule has 0 aliphatic carbocycles. The van der Waals surface area contributed by atoms with Gasteiger partial charge < -0.3 is 16.8 Å². The number of nitrogens with one attached hydrogen (secondary N) is 1. The van der Waals surface area contributed by atoms with E-state index in [-0.39, 0.29) is 30.7 Å². The maximum Gasteiger partial charge on any atom is 0.270 e. The van der Waals surface area contributed by atoms with Crippen LogP contribution in [0.4, 0.5) is 0 Å². The maximum absolute atomic E-state index is 13.2. The van der Waals surface area contributed by atoms with Crippen molar-refractivity contribution in [2.45, 2.75) is 19.6 Å². The zero-order chi connectivity index (χ0) is 24.9. The van der Waals surface area contributed by atoms with Crippen LogP contribution in [0.15, 0.2) is 97.2 Å². The van der Waals surface area contributed by atoms with Crippen LogP contribution in [0.3, 0.4) is 0 Å². The van der Waals surface area contributed by atoms with Crippen molar-refractivity contribution >= 4 is 41.6 Å². The fourth-order valence-electron chi connectivity index (χ4n) is 4.19. The molecule has 0 bridgehead atoms. The van der Waals surface area contributed by atoms with Gasteiger partial charge in [-0.3, -0.25) is 9.78 Å². The highest BCUT2D eigenvalue weighted by atomic mass is 35.5. The first-order valence-electron chi connectivity index (χ1n) is 11.9. The van der Waals surface area contributed by atoms with Crippen molar-refractivity contribution in [3.05, 3.63) is 120 Å². The Morgan fingerprint density at radius 3 is 1.97 bits per heavy atom. The second-order valence-electron chi connectivity index (χ2n) is 8.58. The predicted octanol–water partition coefficient (Wildman–Crippen LogP) is 5.65. The van der Waals surface area contributed by atoms with Crippen molar-refractivity contribution in [2.24, 2.45) is 11.5 Å². The number of fused-ring (bicyclic) bond motifs is 1. The number of pyridine rings is 2. The first-order chi connectivity index (χ1) is 17.7. The van der Waals surface area contributed by atoms with E-state index in [9.17, 15) is 4.79 Å². The van der Waals surface area contributed by atoms with E-state index in [1.807, 2.05) is 91.0 Å². The molecule has 0 aliphatic heterocycles. The SMILES string of the molecule is Cl.Cl.NCc1ccc(CNC(=O)c2nccc3nc(-c4ccc(CN)cc4)c(-c4ccccc4)cc23)cc1. The Morgan fingerprint density at radius 2 is 1.34 bits per heavy atom. The fourth-order valence-corrected chi connectivity index (χ4v) is 4.19. The number of hydrogen-bond donors (Lipinski definition) is 3. The average molecular weight is 547 g/mol. The summed E-state index contributed by atoms with van der Waals surface area (Å²) in [5.74, 6) is -0.246. The number of nitrogens with zero attached hydrogens (tertiary/aromatic N) is 2. The second kappa shape index (κ2) is 13.1. The highest BCUT2D eigenvalue weighted by molar-refractivity contribution is 6.06. The Balaban J connectivity index is 0.00000200. The van der Waals surface area contributed by atoms with E-state index in [1.54, 1.807) is 6.20 Å². The molecule has 0 fully saturated rings. The molecule has 2 aromatic heterocycles. The average Bonchev–Trinajstić information content (AvgIpc) is 2.95. The number of carbonyl (C=O) groups excluding carboxylic acids is 1. The number of nitrogens with two attached hydrogens (primary N) is 2. The summed E-state index contributed by atoms with van der Waals surface area (Å²) in [4.78, 5) is 22.6. The minimum absolute atomic E-state index is 0. The molecule has 8 heteroatoms. The van der Waals surface area contributed by atoms with Gasteiger partial charge in [0.2, 0.25) is 0 Å². The lowest BCUT2D eigenvalue weighted by atomic mass is 9.96. The molecule has 1 amide bonds. The van der Waals surface area contributed by atoms with Gasteiger partial charge in [0, 0.05) is 42.3 Å². The number of carbonyl (C=O) groups is 1. The zero-order valence-corrected chi connectivity index (χ0v) is 22.3. The summed E-state index contributed by atoms with van der Waals surface area (Å²) >= 11 is 0. The van der Waals surface area contributed by atoms with Gasteiger partial charge in [0.1, 0.15) is 5.69 Å². The third-order valence-corrected chi connectivity index (χ3v) is 6.22. The Labute approximate surface area is 234 Å². The van der Waals surface area contributed by atoms with E-state index in [2.05, 4.69) is 10.3 Å². The summed E-state index contributed by atoms with van der Waals surface area (Å²) in [6.45, 7) is 1.37. The Morgan fingerprint density at radius 1 is 0.737 bits per heavy atom. The third kappa shape index (κ3) is 6.18. The number of halogens is 2. The van der Waals surface area contributed by atoms with Gasteiger partial charge in [-0.05, 0) is 34.4 Å². The topological polar surface area (TPSA) is 107 Å². The molecule has 2 heterocycles. The first-order valence-corrected chi connectivity index (χ1v) is 11.9. The second-order valence-corrected chi connectivity index (χ2v) is 8.58. The fraction of sp³-hybridized carbons (Fsp3) is 0.100. The largest absolute Gasteiger partial charge is 0.347 e. The molecule has 5 aromatic rings. The molecule has 6 nitrogen and oxygen atoms in total. The number of rotatable bonds is 7. The highest BCUT2D eigenvalue weighted by Crippen LogP contribution is 2.34. The van der Waals surface area contributed by atoms with E-state index >= 15 is 0 Å². The molecule has 0 spiro atoms. The highest BCUT2D eigenvalue weighted by Gasteiger charge is 2.17. The van der Waals surface area contributed by atoms with Gasteiger partial charge in [0.15, 0.2) is 0 Å². The van der Waals surface area contributed by atoms with E-state index < -0.39 is 0 Å². The van der Waals surface area contributed by atoms with Gasteiger partial charge in [0.05, 0.1) is 11.2 Å². The summed E-state index contributed by atoms with van der Waals surface area (Å²) in [5, 5.41) is 3.69. The summed E-state index contributed by atoms with van der Waals surface area (Å²) in [6.07, 6.45) is 1.63. The summed E-state index contributed by atoms with van der Waals surface area (Å²) in [7, 11) is 0. The molecule has 5 N–H and O–H groups in total. The number of aromatic nitrogens is 2. The van der Waals surface area contributed by atoms with Crippen LogP contribution in [0, 0.1) is 0 Å². The first kappa shape index (κ1) is 28.8. The summed E-state index contributed by atoms with van der Waals surface area (Å²) in [5.41, 5.74) is 19.4. The molecule has 5 rings (SSSR count). The quantitative estimate of drug-likeness (QED) is 0.244. The third-order valence-electron chi connectivity index (χ3n) is 6.22. The standard InChI is InChI=1S/C30H27N5O.2ClH/c31-17-20-6-8-22(9-7-20)19-34-30(36)29-26-16-25(23-4-2-1-3-5-23)28(35-27(26)14-15-33-29)24-12-10-21(18-32)11-13-24;;/h1-16H,17-19,31-32H2,(H,34,36);2*1H. The molecular weight excluding hydrogens is 517 g/mol. The molecule has 0 saturated carbocycles. The van der Waals surface area contributed by atoms with Crippen LogP contribution in [-0.2, 0) is 19.6 Å². The van der Waals surface area contributed by atoms with Crippen molar-refractivity contribution in [3.8, 4) is 22.4 Å². The van der Waals surface area contributed by atoms with Crippen LogP contribution >= 0.6 is 24.8 Å². The van der Waals surface area contributed by atoms with Gasteiger partial charge in [0.25, 0.3) is 5.91 Å². The summed E-state index contributed by atoms with van der Waals surface area (Å²) < 4.78 is 0. The molecular formula is C30H29Cl2N5O. The van der Waals surface area contributed by atoms with Gasteiger partial charge in [-0.15, -0.1) is 24.8 Å².